The van der Waals surface area contributed by atoms with Crippen LogP contribution in [0.2, 0.25) is 0 Å². The second kappa shape index (κ2) is 11.5. The van der Waals surface area contributed by atoms with Gasteiger partial charge in [-0.25, -0.2) is 4.79 Å². The molecule has 0 saturated carbocycles. The van der Waals surface area contributed by atoms with E-state index in [1.165, 1.54) is 6.42 Å². The van der Waals surface area contributed by atoms with E-state index in [1.807, 2.05) is 19.1 Å². The Balaban J connectivity index is 2.15. The quantitative estimate of drug-likeness (QED) is 0.607. The zero-order valence-corrected chi connectivity index (χ0v) is 17.5. The minimum atomic E-state index is -0.263. The summed E-state index contributed by atoms with van der Waals surface area (Å²) in [6.45, 7) is 12.0. The van der Waals surface area contributed by atoms with E-state index in [9.17, 15) is 9.59 Å². The largest absolute Gasteiger partial charge is 0.371 e. The van der Waals surface area contributed by atoms with Crippen molar-refractivity contribution in [3.8, 4) is 0 Å². The molecule has 28 heavy (non-hydrogen) atoms. The zero-order valence-electron chi connectivity index (χ0n) is 17.5. The highest BCUT2D eigenvalue weighted by Crippen LogP contribution is 2.27. The Bertz CT molecular complexity index is 640. The van der Waals surface area contributed by atoms with Gasteiger partial charge < -0.3 is 25.8 Å². The van der Waals surface area contributed by atoms with Crippen LogP contribution < -0.4 is 20.9 Å². The predicted octanol–water partition coefficient (Wildman–Crippen LogP) is 2.89. The smallest absolute Gasteiger partial charge is 0.319 e. The molecule has 0 atom stereocenters. The highest BCUT2D eigenvalue weighted by Gasteiger charge is 2.19. The van der Waals surface area contributed by atoms with E-state index in [4.69, 9.17) is 0 Å². The maximum atomic E-state index is 12.9. The summed E-state index contributed by atoms with van der Waals surface area (Å²) in [5.74, 6) is -0.0905. The Hall–Kier alpha value is -2.28. The number of carbonyl (C=O) groups excluding carboxylic acids is 2. The van der Waals surface area contributed by atoms with Gasteiger partial charge >= 0.3 is 6.03 Å². The summed E-state index contributed by atoms with van der Waals surface area (Å²) >= 11 is 0. The first-order valence-corrected chi connectivity index (χ1v) is 10.5. The molecule has 1 aromatic rings. The molecular weight excluding hydrogens is 354 g/mol. The van der Waals surface area contributed by atoms with Crippen LogP contribution in [0.25, 0.3) is 0 Å². The maximum Gasteiger partial charge on any atom is 0.319 e. The number of amides is 3. The Labute approximate surface area is 168 Å². The van der Waals surface area contributed by atoms with Gasteiger partial charge in [-0.15, -0.1) is 0 Å². The molecule has 7 nitrogen and oxygen atoms in total. The average Bonchev–Trinajstić information content (AvgIpc) is 2.72. The van der Waals surface area contributed by atoms with Crippen LogP contribution in [0.4, 0.5) is 16.2 Å². The van der Waals surface area contributed by atoms with Gasteiger partial charge in [-0.1, -0.05) is 13.8 Å². The molecule has 3 N–H and O–H groups in total. The molecule has 1 aliphatic heterocycles. The number of nitrogens with one attached hydrogen (secondary N) is 3. The lowest BCUT2D eigenvalue weighted by Crippen LogP contribution is -2.36. The first kappa shape index (κ1) is 22.0. The van der Waals surface area contributed by atoms with Crippen LogP contribution in [-0.2, 0) is 0 Å². The highest BCUT2D eigenvalue weighted by molar-refractivity contribution is 6.02. The summed E-state index contributed by atoms with van der Waals surface area (Å²) < 4.78 is 0. The third-order valence-electron chi connectivity index (χ3n) is 5.14. The van der Waals surface area contributed by atoms with Gasteiger partial charge in [0.2, 0.25) is 0 Å². The number of nitrogens with zero attached hydrogens (tertiary/aromatic N) is 2. The van der Waals surface area contributed by atoms with Crippen molar-refractivity contribution in [2.75, 3.05) is 56.0 Å². The molecule has 0 radical (unpaired) electrons. The van der Waals surface area contributed by atoms with Crippen LogP contribution in [0.3, 0.4) is 0 Å². The summed E-state index contributed by atoms with van der Waals surface area (Å²) in [6.07, 6.45) is 3.52. The predicted molar refractivity (Wildman–Crippen MR) is 115 cm³/mol. The van der Waals surface area contributed by atoms with Crippen LogP contribution in [0.5, 0.6) is 0 Å². The minimum absolute atomic E-state index is 0.0905. The number of likely N-dealkylation sites (N-methyl/N-ethyl adjacent to an activating group) is 1. The zero-order chi connectivity index (χ0) is 20.4. The van der Waals surface area contributed by atoms with Crippen LogP contribution in [0.1, 0.15) is 50.4 Å². The number of carbonyl (C=O) groups is 2. The van der Waals surface area contributed by atoms with Crippen molar-refractivity contribution in [3.05, 3.63) is 23.8 Å². The molecule has 1 heterocycles. The van der Waals surface area contributed by atoms with Crippen molar-refractivity contribution < 1.29 is 9.59 Å². The molecule has 1 aromatic carbocycles. The number of hydrogen-bond donors (Lipinski definition) is 3. The molecule has 3 amide bonds. The van der Waals surface area contributed by atoms with Gasteiger partial charge in [0.05, 0.1) is 5.56 Å². The normalized spacial score (nSPS) is 14.1. The van der Waals surface area contributed by atoms with E-state index < -0.39 is 0 Å². The Morgan fingerprint density at radius 2 is 1.75 bits per heavy atom. The van der Waals surface area contributed by atoms with Gasteiger partial charge in [0.15, 0.2) is 0 Å². The summed E-state index contributed by atoms with van der Waals surface area (Å²) in [7, 11) is 0. The van der Waals surface area contributed by atoms with Gasteiger partial charge in [-0.2, -0.15) is 0 Å². The molecule has 1 aliphatic rings. The Morgan fingerprint density at radius 1 is 1.04 bits per heavy atom. The number of piperidine rings is 1. The van der Waals surface area contributed by atoms with Crippen molar-refractivity contribution in [2.45, 2.75) is 40.0 Å². The maximum absolute atomic E-state index is 12.9. The highest BCUT2D eigenvalue weighted by atomic mass is 16.2. The number of urea groups is 1. The van der Waals surface area contributed by atoms with Gasteiger partial charge in [-0.3, -0.25) is 4.79 Å². The van der Waals surface area contributed by atoms with Crippen LogP contribution in [0.15, 0.2) is 18.2 Å². The van der Waals surface area contributed by atoms with Crippen molar-refractivity contribution in [1.29, 1.82) is 0 Å². The Morgan fingerprint density at radius 3 is 2.39 bits per heavy atom. The van der Waals surface area contributed by atoms with Crippen molar-refractivity contribution >= 4 is 23.3 Å². The van der Waals surface area contributed by atoms with E-state index in [1.54, 1.807) is 6.07 Å². The second-order valence-electron chi connectivity index (χ2n) is 7.05. The Kier molecular flexibility index (Phi) is 9.07. The summed E-state index contributed by atoms with van der Waals surface area (Å²) in [5.41, 5.74) is 2.19. The molecule has 0 unspecified atom stereocenters. The van der Waals surface area contributed by atoms with E-state index in [-0.39, 0.29) is 11.9 Å². The van der Waals surface area contributed by atoms with Gasteiger partial charge in [-0.05, 0) is 57.5 Å². The van der Waals surface area contributed by atoms with Crippen LogP contribution >= 0.6 is 0 Å². The molecule has 0 bridgehead atoms. The van der Waals surface area contributed by atoms with Gasteiger partial charge in [0, 0.05) is 44.1 Å². The lowest BCUT2D eigenvalue weighted by atomic mass is 10.1. The number of benzene rings is 1. The van der Waals surface area contributed by atoms with Gasteiger partial charge in [0.1, 0.15) is 0 Å². The topological polar surface area (TPSA) is 76.7 Å². The first-order chi connectivity index (χ1) is 13.6. The number of hydrogen-bond acceptors (Lipinski definition) is 4. The lowest BCUT2D eigenvalue weighted by Gasteiger charge is -2.30. The standard InChI is InChI=1S/C21H35N5O2/c1-4-22-21(28)24-17-10-11-19(26-13-8-7-9-14-26)18(16-17)20(27)23-12-15-25(5-2)6-3/h10-11,16H,4-9,12-15H2,1-3H3,(H,23,27)(H2,22,24,28). The molecule has 2 rings (SSSR count). The summed E-state index contributed by atoms with van der Waals surface area (Å²) in [5, 5.41) is 8.57. The monoisotopic (exact) mass is 389 g/mol. The van der Waals surface area contributed by atoms with E-state index in [2.05, 4.69) is 39.6 Å². The van der Waals surface area contributed by atoms with E-state index in [0.29, 0.717) is 24.3 Å². The average molecular weight is 390 g/mol. The second-order valence-corrected chi connectivity index (χ2v) is 7.05. The fourth-order valence-electron chi connectivity index (χ4n) is 3.50. The first-order valence-electron chi connectivity index (χ1n) is 10.5. The minimum Gasteiger partial charge on any atom is -0.371 e. The molecular formula is C21H35N5O2. The number of rotatable bonds is 9. The molecule has 0 spiro atoms. The summed E-state index contributed by atoms with van der Waals surface area (Å²) in [6, 6.07) is 5.34. The summed E-state index contributed by atoms with van der Waals surface area (Å²) in [4.78, 5) is 29.4. The van der Waals surface area contributed by atoms with Crippen molar-refractivity contribution in [2.24, 2.45) is 0 Å². The van der Waals surface area contributed by atoms with Gasteiger partial charge in [0.25, 0.3) is 5.91 Å². The van der Waals surface area contributed by atoms with Crippen LogP contribution in [-0.4, -0.2) is 62.7 Å². The third kappa shape index (κ3) is 6.41. The molecule has 0 aromatic heterocycles. The molecule has 0 aliphatic carbocycles. The molecule has 1 fully saturated rings. The fourth-order valence-corrected chi connectivity index (χ4v) is 3.50. The van der Waals surface area contributed by atoms with E-state index >= 15 is 0 Å². The number of anilines is 2. The SMILES string of the molecule is CCNC(=O)Nc1ccc(N2CCCCC2)c(C(=O)NCCN(CC)CC)c1. The van der Waals surface area contributed by atoms with Crippen LogP contribution in [0, 0.1) is 0 Å². The fraction of sp³-hybridized carbons (Fsp3) is 0.619. The lowest BCUT2D eigenvalue weighted by molar-refractivity contribution is 0.0949. The van der Waals surface area contributed by atoms with Crippen molar-refractivity contribution in [3.63, 3.8) is 0 Å². The third-order valence-corrected chi connectivity index (χ3v) is 5.14. The van der Waals surface area contributed by atoms with E-state index in [0.717, 1.165) is 51.3 Å². The molecule has 1 saturated heterocycles. The molecule has 156 valence electrons. The molecule has 7 heteroatoms. The van der Waals surface area contributed by atoms with Crippen molar-refractivity contribution in [1.82, 2.24) is 15.5 Å².